The first kappa shape index (κ1) is 34.6. The molecular formula is C26H53O7PS. The minimum Gasteiger partial charge on any atom is -0.472 e. The van der Waals surface area contributed by atoms with E-state index in [1.807, 2.05) is 0 Å². The van der Waals surface area contributed by atoms with Gasteiger partial charge in [0, 0.05) is 0 Å². The first-order valence-corrected chi connectivity index (χ1v) is 17.3. The Balaban J connectivity index is 4.99. The molecule has 0 bridgehead atoms. The summed E-state index contributed by atoms with van der Waals surface area (Å²) in [4.78, 5) is 11.6. The molecule has 7 nitrogen and oxygen atoms in total. The van der Waals surface area contributed by atoms with Crippen LogP contribution in [-0.2, 0) is 23.4 Å². The minimum atomic E-state index is -4.44. The van der Waals surface area contributed by atoms with Crippen LogP contribution < -0.4 is 0 Å². The van der Waals surface area contributed by atoms with Gasteiger partial charge in [-0.1, -0.05) is 111 Å². The summed E-state index contributed by atoms with van der Waals surface area (Å²) in [6.45, 7) is 7.61. The van der Waals surface area contributed by atoms with E-state index in [0.29, 0.717) is 25.7 Å². The van der Waals surface area contributed by atoms with Gasteiger partial charge in [-0.05, 0) is 26.2 Å². The zero-order valence-electron chi connectivity index (χ0n) is 22.8. The Morgan fingerprint density at radius 3 is 1.69 bits per heavy atom. The predicted molar refractivity (Wildman–Crippen MR) is 145 cm³/mol. The van der Waals surface area contributed by atoms with Crippen LogP contribution in [0.15, 0.2) is 0 Å². The van der Waals surface area contributed by atoms with Gasteiger partial charge in [-0.3, -0.25) is 4.52 Å². The maximum atomic E-state index is 13.3. The SMILES string of the molecule is CCCCCCCCCCCS(=O)(=O)C(CCCCCCCC)C(C)OP(=O)(OCCC)C(=O)O. The fourth-order valence-electron chi connectivity index (χ4n) is 4.23. The molecule has 35 heavy (non-hydrogen) atoms. The van der Waals surface area contributed by atoms with Crippen molar-refractivity contribution in [3.05, 3.63) is 0 Å². The second-order valence-corrected chi connectivity index (χ2v) is 13.9. The average molecular weight is 541 g/mol. The van der Waals surface area contributed by atoms with E-state index in [0.717, 1.165) is 51.4 Å². The fourth-order valence-corrected chi connectivity index (χ4v) is 7.65. The van der Waals surface area contributed by atoms with E-state index in [-0.39, 0.29) is 12.4 Å². The van der Waals surface area contributed by atoms with Gasteiger partial charge in [0.25, 0.3) is 0 Å². The first-order valence-electron chi connectivity index (χ1n) is 14.0. The number of carbonyl (C=O) groups is 1. The quantitative estimate of drug-likeness (QED) is 0.0911. The number of unbranched alkanes of at least 4 members (excludes halogenated alkanes) is 13. The molecule has 0 heterocycles. The molecule has 0 radical (unpaired) electrons. The van der Waals surface area contributed by atoms with Gasteiger partial charge >= 0.3 is 13.3 Å². The van der Waals surface area contributed by atoms with Crippen LogP contribution in [0.3, 0.4) is 0 Å². The third kappa shape index (κ3) is 16.1. The van der Waals surface area contributed by atoms with E-state index in [9.17, 15) is 22.9 Å². The molecule has 210 valence electrons. The lowest BCUT2D eigenvalue weighted by molar-refractivity contribution is 0.140. The molecule has 0 rings (SSSR count). The largest absolute Gasteiger partial charge is 0.472 e. The van der Waals surface area contributed by atoms with Crippen LogP contribution in [0.1, 0.15) is 137 Å². The van der Waals surface area contributed by atoms with Crippen LogP contribution >= 0.6 is 7.60 Å². The van der Waals surface area contributed by atoms with Gasteiger partial charge in [0.05, 0.1) is 23.7 Å². The normalized spacial score (nSPS) is 15.5. The molecule has 1 N–H and O–H groups in total. The van der Waals surface area contributed by atoms with E-state index in [1.165, 1.54) is 39.0 Å². The molecule has 9 heteroatoms. The Kier molecular flexibility index (Phi) is 20.4. The number of carboxylic acid groups (broad SMARTS) is 1. The van der Waals surface area contributed by atoms with Crippen molar-refractivity contribution in [3.8, 4) is 0 Å². The predicted octanol–water partition coefficient (Wildman–Crippen LogP) is 8.75. The molecule has 0 aliphatic rings. The van der Waals surface area contributed by atoms with E-state index in [1.54, 1.807) is 6.92 Å². The molecule has 0 aromatic carbocycles. The Labute approximate surface area is 215 Å². The lowest BCUT2D eigenvalue weighted by atomic mass is 10.1. The van der Waals surface area contributed by atoms with Gasteiger partial charge in [0.15, 0.2) is 9.84 Å². The smallest absolute Gasteiger partial charge is 0.438 e. The van der Waals surface area contributed by atoms with Crippen LogP contribution in [0.4, 0.5) is 4.79 Å². The summed E-state index contributed by atoms with van der Waals surface area (Å²) in [5, 5.41) is 8.53. The highest BCUT2D eigenvalue weighted by Gasteiger charge is 2.41. The van der Waals surface area contributed by atoms with Crippen LogP contribution in [0, 0.1) is 0 Å². The molecular weight excluding hydrogens is 487 g/mol. The topological polar surface area (TPSA) is 107 Å². The van der Waals surface area contributed by atoms with Crippen LogP contribution in [-0.4, -0.2) is 42.9 Å². The fraction of sp³-hybridized carbons (Fsp3) is 0.962. The zero-order chi connectivity index (χ0) is 26.6. The highest BCUT2D eigenvalue weighted by Crippen LogP contribution is 2.51. The third-order valence-corrected chi connectivity index (χ3v) is 10.4. The maximum Gasteiger partial charge on any atom is 0.438 e. The van der Waals surface area contributed by atoms with Gasteiger partial charge in [0.2, 0.25) is 0 Å². The molecule has 3 unspecified atom stereocenters. The van der Waals surface area contributed by atoms with Crippen LogP contribution in [0.2, 0.25) is 0 Å². The zero-order valence-corrected chi connectivity index (χ0v) is 24.6. The van der Waals surface area contributed by atoms with Gasteiger partial charge in [0.1, 0.15) is 0 Å². The summed E-state index contributed by atoms with van der Waals surface area (Å²) in [7, 11) is -7.98. The van der Waals surface area contributed by atoms with Crippen LogP contribution in [0.25, 0.3) is 0 Å². The molecule has 0 aliphatic heterocycles. The lowest BCUT2D eigenvalue weighted by Gasteiger charge is -2.26. The van der Waals surface area contributed by atoms with Crippen LogP contribution in [0.5, 0.6) is 0 Å². The number of hydrogen-bond donors (Lipinski definition) is 1. The molecule has 0 saturated heterocycles. The van der Waals surface area contributed by atoms with Crippen molar-refractivity contribution in [2.45, 2.75) is 148 Å². The minimum absolute atomic E-state index is 0.0242. The molecule has 0 aliphatic carbocycles. The number of sulfone groups is 1. The Morgan fingerprint density at radius 1 is 0.771 bits per heavy atom. The molecule has 0 aromatic rings. The summed E-state index contributed by atoms with van der Waals surface area (Å²) < 4.78 is 49.7. The summed E-state index contributed by atoms with van der Waals surface area (Å²) in [5.74, 6) is 0.0459. The van der Waals surface area contributed by atoms with Crippen molar-refractivity contribution in [2.24, 2.45) is 0 Å². The Hall–Kier alpha value is -0.430. The summed E-state index contributed by atoms with van der Waals surface area (Å²) in [6, 6.07) is 0. The monoisotopic (exact) mass is 540 g/mol. The lowest BCUT2D eigenvalue weighted by Crippen LogP contribution is -2.36. The van der Waals surface area contributed by atoms with E-state index < -0.39 is 34.5 Å². The van der Waals surface area contributed by atoms with Crippen molar-refractivity contribution >= 4 is 23.1 Å². The van der Waals surface area contributed by atoms with Gasteiger partial charge in [-0.2, -0.15) is 0 Å². The second kappa shape index (κ2) is 20.6. The standard InChI is InChI=1S/C26H53O7PS/c1-5-8-10-12-14-15-16-18-20-23-35(30,31)25(21-19-17-13-11-9-6-2)24(4)33-34(29,26(27)28)32-22-7-3/h24-25H,5-23H2,1-4H3,(H,27,28). The van der Waals surface area contributed by atoms with E-state index >= 15 is 0 Å². The molecule has 3 atom stereocenters. The second-order valence-electron chi connectivity index (χ2n) is 9.71. The number of hydrogen-bond acceptors (Lipinski definition) is 6. The highest BCUT2D eigenvalue weighted by molar-refractivity contribution is 7.92. The maximum absolute atomic E-state index is 13.3. The number of rotatable bonds is 25. The molecule has 0 aromatic heterocycles. The van der Waals surface area contributed by atoms with Gasteiger partial charge < -0.3 is 9.63 Å². The van der Waals surface area contributed by atoms with E-state index in [4.69, 9.17) is 9.05 Å². The molecule has 0 amide bonds. The highest BCUT2D eigenvalue weighted by atomic mass is 32.2. The van der Waals surface area contributed by atoms with Gasteiger partial charge in [-0.25, -0.2) is 17.8 Å². The summed E-state index contributed by atoms with van der Waals surface area (Å²) in [5.41, 5.74) is -1.67. The van der Waals surface area contributed by atoms with Crippen molar-refractivity contribution in [2.75, 3.05) is 12.4 Å². The molecule has 0 fully saturated rings. The summed E-state index contributed by atoms with van der Waals surface area (Å²) >= 11 is 0. The van der Waals surface area contributed by atoms with Crippen molar-refractivity contribution in [3.63, 3.8) is 0 Å². The van der Waals surface area contributed by atoms with E-state index in [2.05, 4.69) is 13.8 Å². The summed E-state index contributed by atoms with van der Waals surface area (Å²) in [6.07, 6.45) is 15.7. The van der Waals surface area contributed by atoms with Crippen molar-refractivity contribution < 1.29 is 31.9 Å². The third-order valence-electron chi connectivity index (χ3n) is 6.36. The molecule has 0 spiro atoms. The average Bonchev–Trinajstić information content (AvgIpc) is 2.80. The van der Waals surface area contributed by atoms with Crippen molar-refractivity contribution in [1.82, 2.24) is 0 Å². The Bertz CT molecular complexity index is 681. The Morgan fingerprint density at radius 2 is 1.23 bits per heavy atom. The first-order chi connectivity index (χ1) is 16.6. The van der Waals surface area contributed by atoms with Gasteiger partial charge in [-0.15, -0.1) is 0 Å². The van der Waals surface area contributed by atoms with Crippen molar-refractivity contribution in [1.29, 1.82) is 0 Å². The molecule has 0 saturated carbocycles.